The van der Waals surface area contributed by atoms with Gasteiger partial charge >= 0.3 is 0 Å². The number of rotatable bonds is 6. The molecule has 1 atom stereocenters. The molecule has 0 saturated carbocycles. The van der Waals surface area contributed by atoms with Crippen LogP contribution in [0.5, 0.6) is 0 Å². The minimum atomic E-state index is -3.59. The number of thiophene rings is 1. The molecule has 1 N–H and O–H groups in total. The molecule has 1 saturated heterocycles. The fraction of sp³-hybridized carbons (Fsp3) is 0.333. The first kappa shape index (κ1) is 25.3. The molecular formula is C27H30N2O4S2. The van der Waals surface area contributed by atoms with Crippen molar-refractivity contribution in [2.24, 2.45) is 5.92 Å². The standard InChI is InChI=1S/C27H30N2O4S2/c1-27(2,3)22-13-11-19(12-14-22)25(30)20-7-4-9-23(17-20)28-26(31)21-8-5-15-29(18-21)35(32,33)24-10-6-16-34-24/h4,6-7,9-14,16-17,21H,5,8,15,18H2,1-3H3,(H,28,31). The molecule has 1 aromatic heterocycles. The average Bonchev–Trinajstić information content (AvgIpc) is 3.39. The molecule has 35 heavy (non-hydrogen) atoms. The van der Waals surface area contributed by atoms with Gasteiger partial charge in [-0.1, -0.05) is 63.2 Å². The number of hydrogen-bond acceptors (Lipinski definition) is 5. The zero-order valence-corrected chi connectivity index (χ0v) is 21.8. The number of anilines is 1. The predicted molar refractivity (Wildman–Crippen MR) is 139 cm³/mol. The monoisotopic (exact) mass is 510 g/mol. The van der Waals surface area contributed by atoms with Crippen molar-refractivity contribution in [1.29, 1.82) is 0 Å². The molecule has 0 bridgehead atoms. The fourth-order valence-corrected chi connectivity index (χ4v) is 6.85. The summed E-state index contributed by atoms with van der Waals surface area (Å²) in [5.41, 5.74) is 2.74. The van der Waals surface area contributed by atoms with Crippen LogP contribution in [0, 0.1) is 5.92 Å². The lowest BCUT2D eigenvalue weighted by atomic mass is 9.86. The van der Waals surface area contributed by atoms with Gasteiger partial charge in [0, 0.05) is 29.9 Å². The van der Waals surface area contributed by atoms with Crippen molar-refractivity contribution in [3.8, 4) is 0 Å². The van der Waals surface area contributed by atoms with Crippen molar-refractivity contribution in [2.45, 2.75) is 43.2 Å². The number of carbonyl (C=O) groups excluding carboxylic acids is 2. The van der Waals surface area contributed by atoms with E-state index in [1.165, 1.54) is 15.6 Å². The number of hydrogen-bond donors (Lipinski definition) is 1. The maximum absolute atomic E-state index is 13.0. The molecule has 1 amide bonds. The summed E-state index contributed by atoms with van der Waals surface area (Å²) in [4.78, 5) is 26.0. The Hall–Kier alpha value is -2.81. The van der Waals surface area contributed by atoms with Gasteiger partial charge in [-0.3, -0.25) is 9.59 Å². The Morgan fingerprint density at radius 3 is 2.40 bits per heavy atom. The maximum atomic E-state index is 13.0. The maximum Gasteiger partial charge on any atom is 0.252 e. The topological polar surface area (TPSA) is 83.6 Å². The first-order valence-corrected chi connectivity index (χ1v) is 14.0. The summed E-state index contributed by atoms with van der Waals surface area (Å²) in [5.74, 6) is -0.814. The van der Waals surface area contributed by atoms with Gasteiger partial charge in [0.25, 0.3) is 10.0 Å². The number of ketones is 1. The van der Waals surface area contributed by atoms with Gasteiger partial charge in [0.1, 0.15) is 4.21 Å². The van der Waals surface area contributed by atoms with Crippen LogP contribution in [0.2, 0.25) is 0 Å². The predicted octanol–water partition coefficient (Wildman–Crippen LogP) is 5.32. The normalized spacial score (nSPS) is 17.2. The van der Waals surface area contributed by atoms with Crippen LogP contribution in [0.1, 0.15) is 55.1 Å². The molecule has 1 aliphatic heterocycles. The number of carbonyl (C=O) groups is 2. The molecule has 1 fully saturated rings. The lowest BCUT2D eigenvalue weighted by Crippen LogP contribution is -2.43. The number of sulfonamides is 1. The molecule has 0 spiro atoms. The van der Waals surface area contributed by atoms with E-state index in [1.807, 2.05) is 24.3 Å². The van der Waals surface area contributed by atoms with E-state index in [0.29, 0.717) is 40.4 Å². The summed E-state index contributed by atoms with van der Waals surface area (Å²) in [6.45, 7) is 6.92. The largest absolute Gasteiger partial charge is 0.326 e. The molecule has 184 valence electrons. The second kappa shape index (κ2) is 10.0. The fourth-order valence-electron chi connectivity index (χ4n) is 4.18. The van der Waals surface area contributed by atoms with Gasteiger partial charge in [-0.2, -0.15) is 4.31 Å². The van der Waals surface area contributed by atoms with Gasteiger partial charge in [0.15, 0.2) is 5.78 Å². The Balaban J connectivity index is 1.44. The van der Waals surface area contributed by atoms with Crippen LogP contribution in [-0.4, -0.2) is 37.5 Å². The Morgan fingerprint density at radius 1 is 1.00 bits per heavy atom. The number of amides is 1. The minimum Gasteiger partial charge on any atom is -0.326 e. The van der Waals surface area contributed by atoms with Gasteiger partial charge < -0.3 is 5.32 Å². The molecule has 0 aliphatic carbocycles. The van der Waals surface area contributed by atoms with E-state index in [-0.39, 0.29) is 23.7 Å². The van der Waals surface area contributed by atoms with Crippen molar-refractivity contribution in [2.75, 3.05) is 18.4 Å². The third-order valence-corrected chi connectivity index (χ3v) is 9.49. The number of nitrogens with one attached hydrogen (secondary N) is 1. The summed E-state index contributed by atoms with van der Waals surface area (Å²) in [6.07, 6.45) is 1.23. The van der Waals surface area contributed by atoms with Crippen LogP contribution < -0.4 is 5.32 Å². The van der Waals surface area contributed by atoms with Crippen LogP contribution in [0.4, 0.5) is 5.69 Å². The van der Waals surface area contributed by atoms with Gasteiger partial charge in [-0.25, -0.2) is 8.42 Å². The molecule has 4 rings (SSSR count). The van der Waals surface area contributed by atoms with Crippen molar-refractivity contribution in [3.63, 3.8) is 0 Å². The Bertz CT molecular complexity index is 1310. The SMILES string of the molecule is CC(C)(C)c1ccc(C(=O)c2cccc(NC(=O)C3CCCN(S(=O)(=O)c4cccs4)C3)c2)cc1. The molecule has 8 heteroatoms. The highest BCUT2D eigenvalue weighted by Gasteiger charge is 2.33. The zero-order chi connectivity index (χ0) is 25.2. The molecule has 3 aromatic rings. The second-order valence-corrected chi connectivity index (χ2v) is 13.0. The van der Waals surface area contributed by atoms with Crippen molar-refractivity contribution >= 4 is 38.7 Å². The molecular weight excluding hydrogens is 480 g/mol. The summed E-state index contributed by atoms with van der Waals surface area (Å²) in [7, 11) is -3.59. The Labute approximate surface area is 211 Å². The van der Waals surface area contributed by atoms with E-state index in [2.05, 4.69) is 26.1 Å². The lowest BCUT2D eigenvalue weighted by molar-refractivity contribution is -0.120. The van der Waals surface area contributed by atoms with E-state index >= 15 is 0 Å². The van der Waals surface area contributed by atoms with E-state index in [4.69, 9.17) is 0 Å². The zero-order valence-electron chi connectivity index (χ0n) is 20.2. The van der Waals surface area contributed by atoms with Gasteiger partial charge in [-0.15, -0.1) is 11.3 Å². The van der Waals surface area contributed by atoms with E-state index in [1.54, 1.807) is 41.8 Å². The first-order valence-electron chi connectivity index (χ1n) is 11.7. The van der Waals surface area contributed by atoms with Crippen LogP contribution in [0.15, 0.2) is 70.3 Å². The Kier molecular flexibility index (Phi) is 7.26. The third-order valence-electron chi connectivity index (χ3n) is 6.25. The van der Waals surface area contributed by atoms with Crippen LogP contribution in [0.25, 0.3) is 0 Å². The van der Waals surface area contributed by atoms with E-state index in [9.17, 15) is 18.0 Å². The van der Waals surface area contributed by atoms with Gasteiger partial charge in [0.05, 0.1) is 5.92 Å². The second-order valence-electron chi connectivity index (χ2n) is 9.86. The highest BCUT2D eigenvalue weighted by Crippen LogP contribution is 2.27. The van der Waals surface area contributed by atoms with E-state index < -0.39 is 15.9 Å². The smallest absolute Gasteiger partial charge is 0.252 e. The summed E-state index contributed by atoms with van der Waals surface area (Å²) in [5, 5.41) is 4.61. The quantitative estimate of drug-likeness (QED) is 0.455. The van der Waals surface area contributed by atoms with Gasteiger partial charge in [0.2, 0.25) is 5.91 Å². The average molecular weight is 511 g/mol. The third kappa shape index (κ3) is 5.72. The number of nitrogens with zero attached hydrogens (tertiary/aromatic N) is 1. The molecule has 2 aromatic carbocycles. The van der Waals surface area contributed by atoms with E-state index in [0.717, 1.165) is 5.56 Å². The summed E-state index contributed by atoms with van der Waals surface area (Å²) >= 11 is 1.18. The van der Waals surface area contributed by atoms with Crippen LogP contribution in [0.3, 0.4) is 0 Å². The highest BCUT2D eigenvalue weighted by molar-refractivity contribution is 7.91. The summed E-state index contributed by atoms with van der Waals surface area (Å²) < 4.78 is 27.4. The molecule has 6 nitrogen and oxygen atoms in total. The first-order chi connectivity index (χ1) is 16.6. The lowest BCUT2D eigenvalue weighted by Gasteiger charge is -2.30. The van der Waals surface area contributed by atoms with Gasteiger partial charge in [-0.05, 0) is 47.4 Å². The molecule has 1 aliphatic rings. The van der Waals surface area contributed by atoms with Crippen LogP contribution in [-0.2, 0) is 20.2 Å². The minimum absolute atomic E-state index is 0.00355. The van der Waals surface area contributed by atoms with Crippen molar-refractivity contribution in [3.05, 3.63) is 82.7 Å². The van der Waals surface area contributed by atoms with Crippen molar-refractivity contribution < 1.29 is 18.0 Å². The van der Waals surface area contributed by atoms with Crippen LogP contribution >= 0.6 is 11.3 Å². The molecule has 0 radical (unpaired) electrons. The highest BCUT2D eigenvalue weighted by atomic mass is 32.2. The van der Waals surface area contributed by atoms with Crippen molar-refractivity contribution in [1.82, 2.24) is 4.31 Å². The summed E-state index contributed by atoms with van der Waals surface area (Å²) in [6, 6.07) is 17.8. The number of piperidine rings is 1. The molecule has 2 heterocycles. The Morgan fingerprint density at radius 2 is 1.74 bits per heavy atom. The number of benzene rings is 2. The molecule has 1 unspecified atom stereocenters.